The number of ether oxygens (including phenoxy) is 2. The maximum absolute atomic E-state index is 13.3. The van der Waals surface area contributed by atoms with Gasteiger partial charge in [-0.05, 0) is 48.4 Å². The Labute approximate surface area is 153 Å². The van der Waals surface area contributed by atoms with Crippen molar-refractivity contribution in [3.8, 4) is 5.75 Å². The molecule has 3 heterocycles. The van der Waals surface area contributed by atoms with Crippen LogP contribution in [0.2, 0.25) is 0 Å². The minimum Gasteiger partial charge on any atom is -0.497 e. The number of aromatic nitrogens is 1. The van der Waals surface area contributed by atoms with E-state index in [1.54, 1.807) is 7.11 Å². The molecule has 2 aromatic rings. The van der Waals surface area contributed by atoms with Crippen LogP contribution in [0.1, 0.15) is 31.0 Å². The molecule has 26 heavy (non-hydrogen) atoms. The fourth-order valence-electron chi connectivity index (χ4n) is 6.25. The van der Waals surface area contributed by atoms with E-state index in [-0.39, 0.29) is 12.0 Å². The number of methoxy groups -OCH3 is 2. The smallest absolute Gasteiger partial charge is 0.319 e. The van der Waals surface area contributed by atoms with Crippen molar-refractivity contribution >= 4 is 16.9 Å². The van der Waals surface area contributed by atoms with Gasteiger partial charge in [0, 0.05) is 35.7 Å². The number of hydrogen-bond donors (Lipinski definition) is 1. The number of aromatic amines is 1. The third-order valence-electron chi connectivity index (χ3n) is 7.22. The summed E-state index contributed by atoms with van der Waals surface area (Å²) in [6.45, 7) is 4.27. The van der Waals surface area contributed by atoms with Crippen molar-refractivity contribution in [3.05, 3.63) is 29.5 Å². The molecule has 1 N–H and O–H groups in total. The van der Waals surface area contributed by atoms with Crippen LogP contribution in [-0.2, 0) is 21.4 Å². The van der Waals surface area contributed by atoms with E-state index < -0.39 is 5.41 Å². The molecule has 1 saturated heterocycles. The molecule has 5 nitrogen and oxygen atoms in total. The van der Waals surface area contributed by atoms with Gasteiger partial charge in [-0.2, -0.15) is 0 Å². The Morgan fingerprint density at radius 3 is 2.96 bits per heavy atom. The van der Waals surface area contributed by atoms with Gasteiger partial charge in [0.15, 0.2) is 0 Å². The van der Waals surface area contributed by atoms with Crippen molar-refractivity contribution in [2.45, 2.75) is 37.6 Å². The zero-order chi connectivity index (χ0) is 18.1. The number of nitrogens with zero attached hydrogens (tertiary/aromatic N) is 1. The second kappa shape index (κ2) is 5.49. The Kier molecular flexibility index (Phi) is 3.42. The molecule has 1 aromatic carbocycles. The van der Waals surface area contributed by atoms with Crippen LogP contribution in [0.5, 0.6) is 5.75 Å². The summed E-state index contributed by atoms with van der Waals surface area (Å²) < 4.78 is 10.9. The van der Waals surface area contributed by atoms with Gasteiger partial charge < -0.3 is 14.5 Å². The van der Waals surface area contributed by atoms with Gasteiger partial charge in [0.05, 0.1) is 14.2 Å². The lowest BCUT2D eigenvalue weighted by Gasteiger charge is -2.34. The van der Waals surface area contributed by atoms with Crippen LogP contribution in [-0.4, -0.2) is 49.2 Å². The summed E-state index contributed by atoms with van der Waals surface area (Å²) in [7, 11) is 3.23. The third-order valence-corrected chi connectivity index (χ3v) is 7.22. The van der Waals surface area contributed by atoms with Gasteiger partial charge in [-0.3, -0.25) is 9.69 Å². The topological polar surface area (TPSA) is 54.6 Å². The van der Waals surface area contributed by atoms with Gasteiger partial charge in [0.1, 0.15) is 11.2 Å². The number of rotatable bonds is 3. The van der Waals surface area contributed by atoms with Gasteiger partial charge >= 0.3 is 5.97 Å². The number of nitrogens with one attached hydrogen (secondary N) is 1. The molecular weight excluding hydrogens is 328 g/mol. The van der Waals surface area contributed by atoms with E-state index in [9.17, 15) is 4.79 Å². The fraction of sp³-hybridized carbons (Fsp3) is 0.571. The van der Waals surface area contributed by atoms with E-state index in [0.29, 0.717) is 11.8 Å². The summed E-state index contributed by atoms with van der Waals surface area (Å²) in [6, 6.07) is 6.40. The van der Waals surface area contributed by atoms with Crippen molar-refractivity contribution in [1.29, 1.82) is 0 Å². The van der Waals surface area contributed by atoms with E-state index in [2.05, 4.69) is 28.9 Å². The van der Waals surface area contributed by atoms with Crippen LogP contribution >= 0.6 is 0 Å². The first-order chi connectivity index (χ1) is 12.6. The standard InChI is InChI=1S/C21H26N2O3/c1-4-12-9-13-11-23-8-7-15-16-10-14(25-2)5-6-17(16)22-18(15)21(13,19(12)23)20(24)26-3/h5-6,10,12-13,19,22H,4,7-9,11H2,1-3H3/t12-,13?,19?,21-/m1/s1. The summed E-state index contributed by atoms with van der Waals surface area (Å²) in [5, 5.41) is 1.18. The molecule has 0 spiro atoms. The van der Waals surface area contributed by atoms with Gasteiger partial charge in [-0.15, -0.1) is 0 Å². The zero-order valence-electron chi connectivity index (χ0n) is 15.7. The van der Waals surface area contributed by atoms with Crippen LogP contribution in [0.3, 0.4) is 0 Å². The first kappa shape index (κ1) is 16.2. The van der Waals surface area contributed by atoms with Gasteiger partial charge in [0.2, 0.25) is 0 Å². The van der Waals surface area contributed by atoms with Crippen molar-refractivity contribution in [2.75, 3.05) is 27.3 Å². The molecule has 1 aliphatic carbocycles. The van der Waals surface area contributed by atoms with Gasteiger partial charge in [0.25, 0.3) is 0 Å². The summed E-state index contributed by atoms with van der Waals surface area (Å²) in [5.41, 5.74) is 2.93. The number of carbonyl (C=O) groups excluding carboxylic acids is 1. The van der Waals surface area contributed by atoms with E-state index in [1.807, 2.05) is 6.07 Å². The molecule has 3 aliphatic rings. The summed E-state index contributed by atoms with van der Waals surface area (Å²) >= 11 is 0. The Hall–Kier alpha value is -2.01. The second-order valence-electron chi connectivity index (χ2n) is 8.04. The van der Waals surface area contributed by atoms with Crippen LogP contribution in [0.25, 0.3) is 10.9 Å². The number of piperidine rings is 1. The number of fused-ring (bicyclic) bond motifs is 3. The molecule has 5 atom stereocenters. The molecule has 4 bridgehead atoms. The lowest BCUT2D eigenvalue weighted by atomic mass is 9.73. The molecule has 5 heteroatoms. The van der Waals surface area contributed by atoms with Gasteiger partial charge in [-0.25, -0.2) is 0 Å². The molecular formula is C21H26N2O3. The highest BCUT2D eigenvalue weighted by Crippen LogP contribution is 2.59. The highest BCUT2D eigenvalue weighted by molar-refractivity contribution is 5.93. The minimum atomic E-state index is -0.548. The largest absolute Gasteiger partial charge is 0.497 e. The van der Waals surface area contributed by atoms with E-state index in [4.69, 9.17) is 9.47 Å². The number of benzene rings is 1. The molecule has 2 fully saturated rings. The Morgan fingerprint density at radius 2 is 2.23 bits per heavy atom. The predicted octanol–water partition coefficient (Wildman–Crippen LogP) is 2.87. The highest BCUT2D eigenvalue weighted by Gasteiger charge is 2.69. The monoisotopic (exact) mass is 354 g/mol. The molecule has 1 aromatic heterocycles. The number of esters is 1. The lowest BCUT2D eigenvalue weighted by molar-refractivity contribution is -0.149. The second-order valence-corrected chi connectivity index (χ2v) is 8.04. The quantitative estimate of drug-likeness (QED) is 0.861. The lowest BCUT2D eigenvalue weighted by Crippen LogP contribution is -2.49. The fourth-order valence-corrected chi connectivity index (χ4v) is 6.25. The van der Waals surface area contributed by atoms with E-state index in [0.717, 1.165) is 49.3 Å². The van der Waals surface area contributed by atoms with Crippen LogP contribution < -0.4 is 4.74 Å². The van der Waals surface area contributed by atoms with Crippen LogP contribution in [0.4, 0.5) is 0 Å². The van der Waals surface area contributed by atoms with E-state index in [1.165, 1.54) is 18.1 Å². The molecule has 0 amide bonds. The van der Waals surface area contributed by atoms with Crippen molar-refractivity contribution in [3.63, 3.8) is 0 Å². The zero-order valence-corrected chi connectivity index (χ0v) is 15.7. The Morgan fingerprint density at radius 1 is 1.38 bits per heavy atom. The predicted molar refractivity (Wildman–Crippen MR) is 99.5 cm³/mol. The third kappa shape index (κ3) is 1.77. The average molecular weight is 354 g/mol. The molecule has 5 rings (SSSR count). The van der Waals surface area contributed by atoms with Crippen molar-refractivity contribution in [1.82, 2.24) is 9.88 Å². The van der Waals surface area contributed by atoms with Gasteiger partial charge in [-0.1, -0.05) is 13.3 Å². The normalized spacial score (nSPS) is 34.6. The maximum Gasteiger partial charge on any atom is 0.319 e. The summed E-state index contributed by atoms with van der Waals surface area (Å²) in [6.07, 6.45) is 3.19. The molecule has 3 unspecified atom stereocenters. The summed E-state index contributed by atoms with van der Waals surface area (Å²) in [5.74, 6) is 1.68. The first-order valence-electron chi connectivity index (χ1n) is 9.66. The molecule has 1 saturated carbocycles. The average Bonchev–Trinajstić information content (AvgIpc) is 3.26. The SMILES string of the molecule is CC[C@@H]1CC2CN3CCc4c([nH]c5ccc(OC)cc45)[C@@]2(C(=O)OC)C13. The van der Waals surface area contributed by atoms with Crippen molar-refractivity contribution < 1.29 is 14.3 Å². The minimum absolute atomic E-state index is 0.0624. The molecule has 138 valence electrons. The highest BCUT2D eigenvalue weighted by atomic mass is 16.5. The van der Waals surface area contributed by atoms with Crippen molar-refractivity contribution in [2.24, 2.45) is 11.8 Å². The maximum atomic E-state index is 13.3. The molecule has 0 radical (unpaired) electrons. The molecule has 2 aliphatic heterocycles. The summed E-state index contributed by atoms with van der Waals surface area (Å²) in [4.78, 5) is 19.5. The van der Waals surface area contributed by atoms with E-state index >= 15 is 0 Å². The Balaban J connectivity index is 1.80. The van der Waals surface area contributed by atoms with Crippen LogP contribution in [0.15, 0.2) is 18.2 Å². The number of H-pyrrole nitrogens is 1. The first-order valence-corrected chi connectivity index (χ1v) is 9.66. The van der Waals surface area contributed by atoms with Crippen LogP contribution in [0, 0.1) is 11.8 Å². The number of hydrogen-bond acceptors (Lipinski definition) is 4. The number of carbonyl (C=O) groups is 1. The Bertz CT molecular complexity index is 889.